The van der Waals surface area contributed by atoms with Crippen molar-refractivity contribution in [3.63, 3.8) is 0 Å². The zero-order valence-corrected chi connectivity index (χ0v) is 8.40. The summed E-state index contributed by atoms with van der Waals surface area (Å²) in [6, 6.07) is 0. The summed E-state index contributed by atoms with van der Waals surface area (Å²) in [7, 11) is 1.41. The van der Waals surface area contributed by atoms with Crippen molar-refractivity contribution in [1.29, 1.82) is 0 Å². The van der Waals surface area contributed by atoms with Gasteiger partial charge in [0.1, 0.15) is 0 Å². The zero-order chi connectivity index (χ0) is 9.97. The Morgan fingerprint density at radius 2 is 2.21 bits per heavy atom. The predicted octanol–water partition coefficient (Wildman–Crippen LogP) is 0.743. The van der Waals surface area contributed by atoms with Crippen LogP contribution in [0.15, 0.2) is 0 Å². The average Bonchev–Trinajstić information content (AvgIpc) is 2.92. The van der Waals surface area contributed by atoms with Gasteiger partial charge in [-0.3, -0.25) is 0 Å². The zero-order valence-electron chi connectivity index (χ0n) is 8.40. The Morgan fingerprint density at radius 3 is 2.71 bits per heavy atom. The lowest BCUT2D eigenvalue weighted by Crippen LogP contribution is -2.32. The van der Waals surface area contributed by atoms with Crippen molar-refractivity contribution in [1.82, 2.24) is 0 Å². The second kappa shape index (κ2) is 4.28. The fraction of sp³-hybridized carbons (Fsp3) is 0.900. The second-order valence-electron chi connectivity index (χ2n) is 3.90. The van der Waals surface area contributed by atoms with E-state index >= 15 is 0 Å². The molecule has 1 saturated heterocycles. The maximum absolute atomic E-state index is 11.4. The average molecular weight is 200 g/mol. The monoisotopic (exact) mass is 200 g/mol. The molecule has 0 spiro atoms. The molecule has 1 saturated carbocycles. The van der Waals surface area contributed by atoms with Crippen LogP contribution >= 0.6 is 0 Å². The number of esters is 1. The summed E-state index contributed by atoms with van der Waals surface area (Å²) in [6.07, 6.45) is 2.77. The van der Waals surface area contributed by atoms with Crippen molar-refractivity contribution in [3.8, 4) is 0 Å². The molecule has 0 radical (unpaired) electrons. The van der Waals surface area contributed by atoms with Gasteiger partial charge >= 0.3 is 5.97 Å². The summed E-state index contributed by atoms with van der Waals surface area (Å²) in [6.45, 7) is 1.35. The van der Waals surface area contributed by atoms with Gasteiger partial charge in [-0.15, -0.1) is 0 Å². The summed E-state index contributed by atoms with van der Waals surface area (Å²) < 4.78 is 15.6. The van der Waals surface area contributed by atoms with Crippen molar-refractivity contribution in [3.05, 3.63) is 0 Å². The van der Waals surface area contributed by atoms with Crippen LogP contribution in [0.25, 0.3) is 0 Å². The van der Waals surface area contributed by atoms with E-state index in [1.165, 1.54) is 7.11 Å². The van der Waals surface area contributed by atoms with Crippen molar-refractivity contribution in [2.45, 2.75) is 31.5 Å². The molecule has 2 aliphatic rings. The SMILES string of the molecule is COC(=O)C(OC1CCOC1)C1CC1. The quantitative estimate of drug-likeness (QED) is 0.628. The highest BCUT2D eigenvalue weighted by atomic mass is 16.6. The maximum Gasteiger partial charge on any atom is 0.335 e. The van der Waals surface area contributed by atoms with Gasteiger partial charge in [0.2, 0.25) is 0 Å². The largest absolute Gasteiger partial charge is 0.467 e. The van der Waals surface area contributed by atoms with Gasteiger partial charge < -0.3 is 14.2 Å². The van der Waals surface area contributed by atoms with E-state index in [1.807, 2.05) is 0 Å². The Hall–Kier alpha value is -0.610. The molecule has 4 heteroatoms. The molecule has 1 aliphatic carbocycles. The van der Waals surface area contributed by atoms with E-state index in [0.29, 0.717) is 12.5 Å². The van der Waals surface area contributed by atoms with Crippen LogP contribution in [-0.4, -0.2) is 38.5 Å². The molecule has 80 valence electrons. The number of ether oxygens (including phenoxy) is 3. The Labute approximate surface area is 83.5 Å². The normalized spacial score (nSPS) is 28.8. The number of hydrogen-bond acceptors (Lipinski definition) is 4. The molecule has 2 fully saturated rings. The van der Waals surface area contributed by atoms with Gasteiger partial charge in [0.05, 0.1) is 19.8 Å². The first-order chi connectivity index (χ1) is 6.81. The van der Waals surface area contributed by atoms with Gasteiger partial charge in [0.15, 0.2) is 6.10 Å². The van der Waals surface area contributed by atoms with E-state index in [0.717, 1.165) is 25.9 Å². The highest BCUT2D eigenvalue weighted by Crippen LogP contribution is 2.36. The van der Waals surface area contributed by atoms with Crippen LogP contribution in [0.1, 0.15) is 19.3 Å². The molecular formula is C10H16O4. The summed E-state index contributed by atoms with van der Waals surface area (Å²) in [5.41, 5.74) is 0. The Bertz CT molecular complexity index is 206. The van der Waals surface area contributed by atoms with Crippen LogP contribution in [-0.2, 0) is 19.0 Å². The Kier molecular flexibility index (Phi) is 3.03. The molecular weight excluding hydrogens is 184 g/mol. The molecule has 0 bridgehead atoms. The molecule has 1 aliphatic heterocycles. The van der Waals surface area contributed by atoms with Crippen molar-refractivity contribution in [2.24, 2.45) is 5.92 Å². The van der Waals surface area contributed by atoms with Crippen molar-refractivity contribution >= 4 is 5.97 Å². The van der Waals surface area contributed by atoms with Crippen LogP contribution in [0.3, 0.4) is 0 Å². The van der Waals surface area contributed by atoms with Crippen LogP contribution in [0.4, 0.5) is 0 Å². The highest BCUT2D eigenvalue weighted by Gasteiger charge is 2.39. The van der Waals surface area contributed by atoms with Crippen molar-refractivity contribution < 1.29 is 19.0 Å². The van der Waals surface area contributed by atoms with Gasteiger partial charge in [0.25, 0.3) is 0 Å². The Morgan fingerprint density at radius 1 is 1.43 bits per heavy atom. The molecule has 0 aromatic rings. The molecule has 2 unspecified atom stereocenters. The van der Waals surface area contributed by atoms with Crippen LogP contribution in [0.2, 0.25) is 0 Å². The summed E-state index contributed by atoms with van der Waals surface area (Å²) in [4.78, 5) is 11.4. The molecule has 0 aromatic carbocycles. The molecule has 14 heavy (non-hydrogen) atoms. The molecule has 2 atom stereocenters. The smallest absolute Gasteiger partial charge is 0.335 e. The molecule has 0 N–H and O–H groups in total. The van der Waals surface area contributed by atoms with Gasteiger partial charge in [-0.2, -0.15) is 0 Å². The van der Waals surface area contributed by atoms with Gasteiger partial charge in [-0.05, 0) is 25.2 Å². The molecule has 0 amide bonds. The summed E-state index contributed by atoms with van der Waals surface area (Å²) >= 11 is 0. The number of rotatable bonds is 4. The number of carbonyl (C=O) groups is 1. The summed E-state index contributed by atoms with van der Waals surface area (Å²) in [5, 5.41) is 0. The molecule has 0 aromatic heterocycles. The topological polar surface area (TPSA) is 44.8 Å². The number of methoxy groups -OCH3 is 1. The van der Waals surface area contributed by atoms with E-state index in [1.54, 1.807) is 0 Å². The van der Waals surface area contributed by atoms with Crippen LogP contribution in [0, 0.1) is 5.92 Å². The fourth-order valence-corrected chi connectivity index (χ4v) is 1.70. The fourth-order valence-electron chi connectivity index (χ4n) is 1.70. The lowest BCUT2D eigenvalue weighted by atomic mass is 10.2. The second-order valence-corrected chi connectivity index (χ2v) is 3.90. The predicted molar refractivity (Wildman–Crippen MR) is 48.8 cm³/mol. The first-order valence-corrected chi connectivity index (χ1v) is 5.12. The lowest BCUT2D eigenvalue weighted by molar-refractivity contribution is -0.159. The third-order valence-corrected chi connectivity index (χ3v) is 2.71. The standard InChI is InChI=1S/C10H16O4/c1-12-10(11)9(7-2-3-7)14-8-4-5-13-6-8/h7-9H,2-6H2,1H3. The third kappa shape index (κ3) is 2.25. The third-order valence-electron chi connectivity index (χ3n) is 2.71. The minimum Gasteiger partial charge on any atom is -0.467 e. The molecule has 4 nitrogen and oxygen atoms in total. The van der Waals surface area contributed by atoms with Gasteiger partial charge in [-0.25, -0.2) is 4.79 Å². The highest BCUT2D eigenvalue weighted by molar-refractivity contribution is 5.75. The first-order valence-electron chi connectivity index (χ1n) is 5.12. The number of hydrogen-bond donors (Lipinski definition) is 0. The minimum atomic E-state index is -0.355. The number of carbonyl (C=O) groups excluding carboxylic acids is 1. The van der Waals surface area contributed by atoms with Crippen LogP contribution < -0.4 is 0 Å². The van der Waals surface area contributed by atoms with E-state index in [9.17, 15) is 4.79 Å². The minimum absolute atomic E-state index is 0.0831. The van der Waals surface area contributed by atoms with Gasteiger partial charge in [0, 0.05) is 6.61 Å². The molecule has 2 rings (SSSR count). The van der Waals surface area contributed by atoms with E-state index in [-0.39, 0.29) is 18.2 Å². The lowest BCUT2D eigenvalue weighted by Gasteiger charge is -2.18. The van der Waals surface area contributed by atoms with Crippen LogP contribution in [0.5, 0.6) is 0 Å². The molecule has 1 heterocycles. The van der Waals surface area contributed by atoms with E-state index < -0.39 is 0 Å². The first kappa shape index (κ1) is 9.93. The maximum atomic E-state index is 11.4. The van der Waals surface area contributed by atoms with E-state index in [4.69, 9.17) is 14.2 Å². The Balaban J connectivity index is 1.86. The van der Waals surface area contributed by atoms with Crippen molar-refractivity contribution in [2.75, 3.05) is 20.3 Å². The van der Waals surface area contributed by atoms with Gasteiger partial charge in [-0.1, -0.05) is 0 Å². The summed E-state index contributed by atoms with van der Waals surface area (Å²) in [5.74, 6) is 0.141. The van der Waals surface area contributed by atoms with E-state index in [2.05, 4.69) is 0 Å².